The molecule has 0 aromatic heterocycles. The Labute approximate surface area is 110 Å². The summed E-state index contributed by atoms with van der Waals surface area (Å²) in [6, 6.07) is 2.78. The molecule has 0 aromatic rings. The molecule has 2 N–H and O–H groups in total. The molecule has 0 bridgehead atoms. The lowest BCUT2D eigenvalue weighted by Crippen LogP contribution is -2.48. The minimum absolute atomic E-state index is 0.0434. The zero-order chi connectivity index (χ0) is 13.5. The van der Waals surface area contributed by atoms with Gasteiger partial charge in [-0.25, -0.2) is 0 Å². The molecule has 0 aromatic carbocycles. The minimum atomic E-state index is 0.0434. The number of carbonyl (C=O) groups is 1. The van der Waals surface area contributed by atoms with Crippen molar-refractivity contribution in [3.8, 4) is 6.07 Å². The van der Waals surface area contributed by atoms with E-state index in [1.54, 1.807) is 0 Å². The summed E-state index contributed by atoms with van der Waals surface area (Å²) >= 11 is 0. The highest BCUT2D eigenvalue weighted by atomic mass is 16.2. The van der Waals surface area contributed by atoms with Gasteiger partial charge < -0.3 is 10.6 Å². The lowest BCUT2D eigenvalue weighted by Gasteiger charge is -2.38. The van der Waals surface area contributed by atoms with Gasteiger partial charge in [-0.05, 0) is 26.3 Å². The summed E-state index contributed by atoms with van der Waals surface area (Å²) in [6.07, 6.45) is 1.97. The summed E-state index contributed by atoms with van der Waals surface area (Å²) in [7, 11) is 0. The number of rotatable bonds is 5. The van der Waals surface area contributed by atoms with Crippen LogP contribution in [-0.2, 0) is 4.79 Å². The van der Waals surface area contributed by atoms with Crippen LogP contribution in [0.25, 0.3) is 0 Å². The highest BCUT2D eigenvalue weighted by molar-refractivity contribution is 5.78. The molecule has 0 saturated carbocycles. The molecule has 18 heavy (non-hydrogen) atoms. The summed E-state index contributed by atoms with van der Waals surface area (Å²) in [4.78, 5) is 15.7. The molecule has 1 saturated heterocycles. The van der Waals surface area contributed by atoms with E-state index < -0.39 is 0 Å². The molecule has 102 valence electrons. The molecule has 5 heteroatoms. The molecule has 0 radical (unpaired) electrons. The maximum Gasteiger partial charge on any atom is 0.236 e. The fourth-order valence-corrected chi connectivity index (χ4v) is 2.54. The van der Waals surface area contributed by atoms with Gasteiger partial charge in [-0.3, -0.25) is 9.69 Å². The maximum atomic E-state index is 11.5. The highest BCUT2D eigenvalue weighted by Crippen LogP contribution is 2.17. The first kappa shape index (κ1) is 14.9. The van der Waals surface area contributed by atoms with Crippen LogP contribution in [0, 0.1) is 17.2 Å². The monoisotopic (exact) mass is 252 g/mol. The first-order valence-corrected chi connectivity index (χ1v) is 6.73. The van der Waals surface area contributed by atoms with Crippen molar-refractivity contribution in [2.45, 2.75) is 32.7 Å². The van der Waals surface area contributed by atoms with Crippen LogP contribution in [0.5, 0.6) is 0 Å². The van der Waals surface area contributed by atoms with Crippen LogP contribution in [0.4, 0.5) is 0 Å². The first-order valence-electron chi connectivity index (χ1n) is 6.73. The maximum absolute atomic E-state index is 11.5. The number of hydrogen-bond donors (Lipinski definition) is 1. The second-order valence-electron chi connectivity index (χ2n) is 4.93. The molecule has 5 nitrogen and oxygen atoms in total. The Morgan fingerprint density at radius 1 is 1.56 bits per heavy atom. The minimum Gasteiger partial charge on any atom is -0.341 e. The van der Waals surface area contributed by atoms with Gasteiger partial charge in [0.25, 0.3) is 0 Å². The van der Waals surface area contributed by atoms with Gasteiger partial charge in [-0.1, -0.05) is 6.92 Å². The number of amides is 1. The number of nitrogens with zero attached hydrogens (tertiary/aromatic N) is 3. The Hall–Kier alpha value is -1.12. The quantitative estimate of drug-likeness (QED) is 0.769. The van der Waals surface area contributed by atoms with Gasteiger partial charge in [0.05, 0.1) is 18.5 Å². The number of hydrogen-bond acceptors (Lipinski definition) is 4. The third-order valence-corrected chi connectivity index (χ3v) is 3.64. The molecule has 1 aliphatic heterocycles. The van der Waals surface area contributed by atoms with Gasteiger partial charge in [0.15, 0.2) is 0 Å². The van der Waals surface area contributed by atoms with Gasteiger partial charge in [-0.15, -0.1) is 0 Å². The lowest BCUT2D eigenvalue weighted by molar-refractivity contribution is -0.131. The Morgan fingerprint density at radius 3 is 2.61 bits per heavy atom. The van der Waals surface area contributed by atoms with Crippen LogP contribution >= 0.6 is 0 Å². The fourth-order valence-electron chi connectivity index (χ4n) is 2.54. The topological polar surface area (TPSA) is 73.4 Å². The molecule has 1 atom stereocenters. The Kier molecular flexibility index (Phi) is 6.10. The van der Waals surface area contributed by atoms with E-state index in [0.29, 0.717) is 6.04 Å². The van der Waals surface area contributed by atoms with Crippen molar-refractivity contribution in [2.24, 2.45) is 11.7 Å². The van der Waals surface area contributed by atoms with Crippen LogP contribution in [-0.4, -0.2) is 54.5 Å². The predicted octanol–water partition coefficient (Wildman–Crippen LogP) is 0.418. The van der Waals surface area contributed by atoms with E-state index in [9.17, 15) is 4.79 Å². The normalized spacial score (nSPS) is 18.7. The van der Waals surface area contributed by atoms with Crippen LogP contribution in [0.2, 0.25) is 0 Å². The van der Waals surface area contributed by atoms with E-state index in [1.165, 1.54) is 0 Å². The molecule has 0 aliphatic carbocycles. The predicted molar refractivity (Wildman–Crippen MR) is 70.7 cm³/mol. The number of piperidine rings is 1. The van der Waals surface area contributed by atoms with Crippen molar-refractivity contribution in [3.63, 3.8) is 0 Å². The fraction of sp³-hybridized carbons (Fsp3) is 0.846. The highest BCUT2D eigenvalue weighted by Gasteiger charge is 2.26. The zero-order valence-electron chi connectivity index (χ0n) is 11.4. The molecular formula is C13H24N4O. The van der Waals surface area contributed by atoms with E-state index in [2.05, 4.69) is 17.9 Å². The van der Waals surface area contributed by atoms with Crippen molar-refractivity contribution in [1.29, 1.82) is 5.26 Å². The lowest BCUT2D eigenvalue weighted by atomic mass is 10.0. The van der Waals surface area contributed by atoms with Crippen molar-refractivity contribution < 1.29 is 4.79 Å². The number of nitriles is 1. The summed E-state index contributed by atoms with van der Waals surface area (Å²) in [5.41, 5.74) is 5.37. The number of carbonyl (C=O) groups excluding carboxylic acids is 1. The average molecular weight is 252 g/mol. The molecule has 1 aliphatic rings. The number of likely N-dealkylation sites (tertiary alicyclic amines) is 1. The first-order chi connectivity index (χ1) is 8.62. The van der Waals surface area contributed by atoms with Crippen LogP contribution in [0.15, 0.2) is 0 Å². The summed E-state index contributed by atoms with van der Waals surface area (Å²) in [6.45, 7) is 7.55. The Balaban J connectivity index is 2.45. The van der Waals surface area contributed by atoms with Crippen LogP contribution in [0.3, 0.4) is 0 Å². The van der Waals surface area contributed by atoms with Crippen molar-refractivity contribution in [3.05, 3.63) is 0 Å². The Morgan fingerprint density at radius 2 is 2.17 bits per heavy atom. The van der Waals surface area contributed by atoms with Gasteiger partial charge in [0.1, 0.15) is 0 Å². The van der Waals surface area contributed by atoms with Gasteiger partial charge in [0, 0.05) is 25.7 Å². The zero-order valence-corrected chi connectivity index (χ0v) is 11.4. The van der Waals surface area contributed by atoms with Gasteiger partial charge in [-0.2, -0.15) is 5.26 Å². The summed E-state index contributed by atoms with van der Waals surface area (Å²) < 4.78 is 0. The molecule has 1 unspecified atom stereocenters. The van der Waals surface area contributed by atoms with E-state index in [0.717, 1.165) is 39.0 Å². The molecule has 1 amide bonds. The molecule has 1 fully saturated rings. The molecule has 0 spiro atoms. The third kappa shape index (κ3) is 3.97. The number of nitrogens with two attached hydrogens (primary N) is 1. The molecule has 1 heterocycles. The van der Waals surface area contributed by atoms with E-state index >= 15 is 0 Å². The van der Waals surface area contributed by atoms with Crippen molar-refractivity contribution in [1.82, 2.24) is 9.80 Å². The largest absolute Gasteiger partial charge is 0.341 e. The summed E-state index contributed by atoms with van der Waals surface area (Å²) in [5.74, 6) is 0.107. The second kappa shape index (κ2) is 7.34. The molecular weight excluding hydrogens is 228 g/mol. The van der Waals surface area contributed by atoms with Crippen molar-refractivity contribution >= 4 is 5.91 Å². The van der Waals surface area contributed by atoms with Crippen molar-refractivity contribution in [2.75, 3.05) is 32.7 Å². The van der Waals surface area contributed by atoms with Gasteiger partial charge >= 0.3 is 0 Å². The third-order valence-electron chi connectivity index (χ3n) is 3.64. The smallest absolute Gasteiger partial charge is 0.236 e. The standard InChI is InChI=1S/C13H24N4O/c1-3-16(10-11(2)8-14)12-4-6-17(7-5-12)13(18)9-15/h11-12H,3-7,9-10,15H2,1-2H3. The summed E-state index contributed by atoms with van der Waals surface area (Å²) in [5, 5.41) is 8.88. The van der Waals surface area contributed by atoms with E-state index in [4.69, 9.17) is 11.0 Å². The Bertz CT molecular complexity index is 305. The SMILES string of the molecule is CCN(CC(C)C#N)C1CCN(C(=O)CN)CC1. The second-order valence-corrected chi connectivity index (χ2v) is 4.93. The van der Waals surface area contributed by atoms with E-state index in [1.807, 2.05) is 11.8 Å². The average Bonchev–Trinajstić information content (AvgIpc) is 2.43. The molecule has 1 rings (SSSR count). The van der Waals surface area contributed by atoms with E-state index in [-0.39, 0.29) is 18.4 Å². The van der Waals surface area contributed by atoms with Crippen LogP contribution < -0.4 is 5.73 Å². The van der Waals surface area contributed by atoms with Gasteiger partial charge in [0.2, 0.25) is 5.91 Å². The van der Waals surface area contributed by atoms with Crippen LogP contribution in [0.1, 0.15) is 26.7 Å².